The molecule has 168 valence electrons. The van der Waals surface area contributed by atoms with Crippen LogP contribution in [0, 0.1) is 11.6 Å². The lowest BCUT2D eigenvalue weighted by Crippen LogP contribution is -2.29. The maximum absolute atomic E-state index is 15.2. The standard InChI is InChI=1S/C22H19ClF2N2O4S/c1-26(31-2)16(28)10-27-19(11-6-7-11)21(13-8-9-14(23)18(25)20(13)27)32-15-5-3-4-12(17(15)24)22(29)30/h3-5,8-9,11H,6-7,10H2,1-2H3,(H,29,30). The number of carboxylic acid groups (broad SMARTS) is 1. The molecule has 0 spiro atoms. The Hall–Kier alpha value is -2.62. The summed E-state index contributed by atoms with van der Waals surface area (Å²) in [4.78, 5) is 29.6. The Morgan fingerprint density at radius 3 is 2.59 bits per heavy atom. The molecule has 0 aliphatic heterocycles. The van der Waals surface area contributed by atoms with E-state index in [1.807, 2.05) is 0 Å². The predicted molar refractivity (Wildman–Crippen MR) is 116 cm³/mol. The molecule has 1 fully saturated rings. The van der Waals surface area contributed by atoms with E-state index >= 15 is 4.39 Å². The summed E-state index contributed by atoms with van der Waals surface area (Å²) in [6.07, 6.45) is 1.68. The summed E-state index contributed by atoms with van der Waals surface area (Å²) < 4.78 is 31.7. The molecule has 0 saturated heterocycles. The highest BCUT2D eigenvalue weighted by Gasteiger charge is 2.34. The van der Waals surface area contributed by atoms with Gasteiger partial charge in [-0.25, -0.2) is 18.6 Å². The molecule has 0 atom stereocenters. The van der Waals surface area contributed by atoms with Gasteiger partial charge in [-0.1, -0.05) is 29.4 Å². The molecule has 10 heteroatoms. The second-order valence-electron chi connectivity index (χ2n) is 7.43. The molecular weight excluding hydrogens is 462 g/mol. The van der Waals surface area contributed by atoms with Crippen LogP contribution >= 0.6 is 23.4 Å². The molecule has 2 aromatic carbocycles. The smallest absolute Gasteiger partial charge is 0.338 e. The van der Waals surface area contributed by atoms with E-state index in [4.69, 9.17) is 16.4 Å². The number of aromatic carboxylic acids is 1. The van der Waals surface area contributed by atoms with Crippen LogP contribution in [0.1, 0.15) is 34.8 Å². The molecule has 1 saturated carbocycles. The van der Waals surface area contributed by atoms with Crippen LogP contribution in [-0.2, 0) is 16.2 Å². The molecule has 3 aromatic rings. The number of amides is 1. The number of hydroxylamine groups is 2. The summed E-state index contributed by atoms with van der Waals surface area (Å²) in [6, 6.07) is 7.17. The first kappa shape index (κ1) is 22.6. The highest BCUT2D eigenvalue weighted by Crippen LogP contribution is 2.50. The van der Waals surface area contributed by atoms with E-state index in [0.717, 1.165) is 29.7 Å². The van der Waals surface area contributed by atoms with Crippen molar-refractivity contribution in [2.45, 2.75) is 35.1 Å². The average Bonchev–Trinajstić information content (AvgIpc) is 3.55. The number of carbonyl (C=O) groups is 2. The van der Waals surface area contributed by atoms with E-state index in [2.05, 4.69) is 0 Å². The highest BCUT2D eigenvalue weighted by atomic mass is 35.5. The molecule has 32 heavy (non-hydrogen) atoms. The van der Waals surface area contributed by atoms with Crippen LogP contribution in [0.5, 0.6) is 0 Å². The second-order valence-corrected chi connectivity index (χ2v) is 8.89. The number of nitrogens with zero attached hydrogens (tertiary/aromatic N) is 2. The second kappa shape index (κ2) is 8.73. The molecule has 6 nitrogen and oxygen atoms in total. The van der Waals surface area contributed by atoms with Crippen molar-refractivity contribution in [3.63, 3.8) is 0 Å². The summed E-state index contributed by atoms with van der Waals surface area (Å²) in [5.74, 6) is -3.25. The van der Waals surface area contributed by atoms with E-state index < -0.39 is 29.1 Å². The van der Waals surface area contributed by atoms with Gasteiger partial charge >= 0.3 is 5.97 Å². The number of hydrogen-bond acceptors (Lipinski definition) is 4. The zero-order valence-corrected chi connectivity index (χ0v) is 18.8. The summed E-state index contributed by atoms with van der Waals surface area (Å²) in [5.41, 5.74) is 0.400. The van der Waals surface area contributed by atoms with Crippen molar-refractivity contribution in [2.24, 2.45) is 0 Å². The number of carboxylic acids is 1. The average molecular weight is 481 g/mol. The zero-order valence-electron chi connectivity index (χ0n) is 17.2. The van der Waals surface area contributed by atoms with Crippen molar-refractivity contribution in [3.8, 4) is 0 Å². The molecule has 0 radical (unpaired) electrons. The first-order valence-corrected chi connectivity index (χ1v) is 10.9. The van der Waals surface area contributed by atoms with Crippen LogP contribution in [0.15, 0.2) is 40.1 Å². The Kier molecular flexibility index (Phi) is 6.15. The maximum Gasteiger partial charge on any atom is 0.338 e. The molecule has 1 aliphatic rings. The quantitative estimate of drug-likeness (QED) is 0.463. The maximum atomic E-state index is 15.2. The Bertz CT molecular complexity index is 1240. The van der Waals surface area contributed by atoms with Crippen molar-refractivity contribution in [3.05, 3.63) is 58.2 Å². The number of hydrogen-bond donors (Lipinski definition) is 1. The Morgan fingerprint density at radius 2 is 1.97 bits per heavy atom. The van der Waals surface area contributed by atoms with Gasteiger partial charge in [-0.15, -0.1) is 0 Å². The van der Waals surface area contributed by atoms with Crippen LogP contribution in [-0.4, -0.2) is 40.8 Å². The van der Waals surface area contributed by atoms with E-state index in [-0.39, 0.29) is 27.9 Å². The molecule has 1 aromatic heterocycles. The van der Waals surface area contributed by atoms with Crippen molar-refractivity contribution in [2.75, 3.05) is 14.2 Å². The van der Waals surface area contributed by atoms with Gasteiger partial charge in [0, 0.05) is 33.8 Å². The van der Waals surface area contributed by atoms with Gasteiger partial charge in [0.25, 0.3) is 5.91 Å². The SMILES string of the molecule is CON(C)C(=O)Cn1c(C2CC2)c(Sc2cccc(C(=O)O)c2F)c2ccc(Cl)c(F)c21. The number of halogens is 3. The van der Waals surface area contributed by atoms with Gasteiger partial charge in [-0.05, 0) is 37.1 Å². The zero-order chi connectivity index (χ0) is 23.2. The van der Waals surface area contributed by atoms with E-state index in [1.54, 1.807) is 10.6 Å². The minimum atomic E-state index is -1.37. The lowest BCUT2D eigenvalue weighted by atomic mass is 10.2. The lowest BCUT2D eigenvalue weighted by Gasteiger charge is -2.17. The van der Waals surface area contributed by atoms with Gasteiger partial charge in [0.15, 0.2) is 11.6 Å². The third kappa shape index (κ3) is 3.96. The number of carbonyl (C=O) groups excluding carboxylic acids is 1. The molecular formula is C22H19ClF2N2O4S. The normalized spacial score (nSPS) is 13.5. The number of fused-ring (bicyclic) bond motifs is 1. The molecule has 1 amide bonds. The molecule has 4 rings (SSSR count). The number of aromatic nitrogens is 1. The van der Waals surface area contributed by atoms with Gasteiger partial charge in [-0.3, -0.25) is 9.63 Å². The monoisotopic (exact) mass is 480 g/mol. The number of likely N-dealkylation sites (N-methyl/N-ethyl adjacent to an activating group) is 1. The van der Waals surface area contributed by atoms with Crippen LogP contribution < -0.4 is 0 Å². The minimum absolute atomic E-state index is 0.0643. The van der Waals surface area contributed by atoms with Crippen molar-refractivity contribution in [1.82, 2.24) is 9.63 Å². The summed E-state index contributed by atoms with van der Waals surface area (Å²) in [6.45, 7) is -0.192. The van der Waals surface area contributed by atoms with E-state index in [9.17, 15) is 19.1 Å². The van der Waals surface area contributed by atoms with E-state index in [0.29, 0.717) is 16.0 Å². The molecule has 1 N–H and O–H groups in total. The Labute approximate surface area is 191 Å². The van der Waals surface area contributed by atoms with Gasteiger partial charge in [0.2, 0.25) is 0 Å². The number of benzene rings is 2. The van der Waals surface area contributed by atoms with E-state index in [1.165, 1.54) is 38.4 Å². The third-order valence-corrected chi connectivity index (χ3v) is 6.86. The molecule has 0 bridgehead atoms. The van der Waals surface area contributed by atoms with Crippen molar-refractivity contribution < 1.29 is 28.3 Å². The van der Waals surface area contributed by atoms with Gasteiger partial charge in [0.05, 0.1) is 23.2 Å². The van der Waals surface area contributed by atoms with Crippen LogP contribution in [0.4, 0.5) is 8.78 Å². The molecule has 1 aliphatic carbocycles. The fourth-order valence-corrected chi connectivity index (χ4v) is 4.98. The van der Waals surface area contributed by atoms with Gasteiger partial charge in [0.1, 0.15) is 6.54 Å². The van der Waals surface area contributed by atoms with Crippen molar-refractivity contribution >= 4 is 46.1 Å². The summed E-state index contributed by atoms with van der Waals surface area (Å²) >= 11 is 7.07. The minimum Gasteiger partial charge on any atom is -0.478 e. The number of rotatable bonds is 7. The summed E-state index contributed by atoms with van der Waals surface area (Å²) in [5, 5.41) is 10.7. The largest absolute Gasteiger partial charge is 0.478 e. The topological polar surface area (TPSA) is 71.8 Å². The molecule has 1 heterocycles. The van der Waals surface area contributed by atoms with Crippen molar-refractivity contribution in [1.29, 1.82) is 0 Å². The predicted octanol–water partition coefficient (Wildman–Crippen LogP) is 5.32. The Morgan fingerprint density at radius 1 is 1.25 bits per heavy atom. The Balaban J connectivity index is 1.93. The first-order valence-electron chi connectivity index (χ1n) is 9.75. The van der Waals surface area contributed by atoms with Crippen LogP contribution in [0.3, 0.4) is 0 Å². The third-order valence-electron chi connectivity index (χ3n) is 5.40. The van der Waals surface area contributed by atoms with Crippen LogP contribution in [0.2, 0.25) is 5.02 Å². The van der Waals surface area contributed by atoms with Gasteiger partial charge < -0.3 is 9.67 Å². The molecule has 0 unspecified atom stereocenters. The summed E-state index contributed by atoms with van der Waals surface area (Å²) in [7, 11) is 2.81. The highest BCUT2D eigenvalue weighted by molar-refractivity contribution is 7.99. The van der Waals surface area contributed by atoms with Crippen LogP contribution in [0.25, 0.3) is 10.9 Å². The first-order chi connectivity index (χ1) is 15.2. The fourth-order valence-electron chi connectivity index (χ4n) is 3.60. The van der Waals surface area contributed by atoms with Gasteiger partial charge in [-0.2, -0.15) is 0 Å². The lowest BCUT2D eigenvalue weighted by molar-refractivity contribution is -0.169. The fraction of sp³-hybridized carbons (Fsp3) is 0.273.